The molecule has 2 aromatic heterocycles. The van der Waals surface area contributed by atoms with Gasteiger partial charge in [-0.1, -0.05) is 0 Å². The first-order valence-electron chi connectivity index (χ1n) is 6.23. The molecule has 2 rings (SSSR count). The Morgan fingerprint density at radius 2 is 1.64 bits per heavy atom. The third-order valence-corrected chi connectivity index (χ3v) is 3.27. The predicted octanol–water partition coefficient (Wildman–Crippen LogP) is 0.878. The Morgan fingerprint density at radius 3 is 2.18 bits per heavy atom. The van der Waals surface area contributed by atoms with E-state index in [0.717, 1.165) is 17.0 Å². The van der Waals surface area contributed by atoms with Gasteiger partial charge in [0.1, 0.15) is 12.4 Å². The van der Waals surface area contributed by atoms with Crippen LogP contribution in [0.2, 0.25) is 0 Å². The monoisotopic (exact) mass is 310 g/mol. The third-order valence-electron chi connectivity index (χ3n) is 3.27. The highest BCUT2D eigenvalue weighted by atomic mass is 16.6. The molecule has 0 spiro atoms. The van der Waals surface area contributed by atoms with Crippen molar-refractivity contribution >= 4 is 11.6 Å². The van der Waals surface area contributed by atoms with Gasteiger partial charge < -0.3 is 25.3 Å². The highest BCUT2D eigenvalue weighted by Crippen LogP contribution is 2.27. The zero-order chi connectivity index (χ0) is 16.7. The molecule has 1 atom stereocenters. The Labute approximate surface area is 124 Å². The quantitative estimate of drug-likeness (QED) is 0.637. The molecule has 0 aromatic carbocycles. The van der Waals surface area contributed by atoms with E-state index in [4.69, 9.17) is 0 Å². The second-order valence-corrected chi connectivity index (χ2v) is 4.98. The molecule has 1 N–H and O–H groups in total. The van der Waals surface area contributed by atoms with Crippen molar-refractivity contribution in [3.63, 3.8) is 0 Å². The van der Waals surface area contributed by atoms with Crippen LogP contribution in [0.3, 0.4) is 0 Å². The van der Waals surface area contributed by atoms with Gasteiger partial charge in [0.15, 0.2) is 18.2 Å². The van der Waals surface area contributed by atoms with Crippen molar-refractivity contribution in [3.05, 3.63) is 44.3 Å². The molecule has 0 bridgehead atoms. The van der Waals surface area contributed by atoms with Crippen LogP contribution in [-0.4, -0.2) is 34.1 Å². The van der Waals surface area contributed by atoms with E-state index in [0.29, 0.717) is 5.82 Å². The number of aromatic nitrogens is 4. The minimum atomic E-state index is -1.79. The number of nitrogens with zero attached hydrogens (tertiary/aromatic N) is 6. The van der Waals surface area contributed by atoms with E-state index in [1.54, 1.807) is 0 Å². The van der Waals surface area contributed by atoms with E-state index in [2.05, 4.69) is 9.97 Å². The summed E-state index contributed by atoms with van der Waals surface area (Å²) in [5, 5.41) is 32.7. The van der Waals surface area contributed by atoms with Crippen molar-refractivity contribution in [1.82, 2.24) is 19.1 Å². The lowest BCUT2D eigenvalue weighted by molar-refractivity contribution is -0.397. The first-order chi connectivity index (χ1) is 10.1. The standard InChI is InChI=1S/C11H14N6O5/c1-7-12-4-9(16(19)20)14(7)6-11(3,18)15-8(2)13-5-10(15)17(21)22/h4-5,18H,6H2,1-3H3. The summed E-state index contributed by atoms with van der Waals surface area (Å²) in [6, 6.07) is 0. The minimum absolute atomic E-state index is 0.220. The van der Waals surface area contributed by atoms with E-state index < -0.39 is 21.4 Å². The first kappa shape index (κ1) is 15.6. The molecule has 0 fully saturated rings. The highest BCUT2D eigenvalue weighted by molar-refractivity contribution is 5.23. The topological polar surface area (TPSA) is 142 Å². The lowest BCUT2D eigenvalue weighted by atomic mass is 10.2. The average Bonchev–Trinajstić information content (AvgIpc) is 2.94. The van der Waals surface area contributed by atoms with Crippen LogP contribution in [0.15, 0.2) is 12.4 Å². The van der Waals surface area contributed by atoms with E-state index in [1.165, 1.54) is 25.3 Å². The van der Waals surface area contributed by atoms with E-state index in [-0.39, 0.29) is 18.2 Å². The zero-order valence-electron chi connectivity index (χ0n) is 12.1. The Balaban J connectivity index is 2.49. The molecule has 1 unspecified atom stereocenters. The largest absolute Gasteiger partial charge is 0.358 e. The molecule has 118 valence electrons. The lowest BCUT2D eigenvalue weighted by Gasteiger charge is -2.21. The van der Waals surface area contributed by atoms with E-state index in [1.807, 2.05) is 0 Å². The molecule has 11 heteroatoms. The number of nitro groups is 2. The number of aliphatic hydroxyl groups is 1. The maximum Gasteiger partial charge on any atom is 0.345 e. The van der Waals surface area contributed by atoms with Gasteiger partial charge in [-0.05, 0) is 9.85 Å². The van der Waals surface area contributed by atoms with Crippen molar-refractivity contribution in [2.24, 2.45) is 0 Å². The van der Waals surface area contributed by atoms with Gasteiger partial charge in [0.2, 0.25) is 5.72 Å². The van der Waals surface area contributed by atoms with Crippen LogP contribution in [0, 0.1) is 34.1 Å². The van der Waals surface area contributed by atoms with Crippen molar-refractivity contribution in [2.45, 2.75) is 33.0 Å². The fourth-order valence-electron chi connectivity index (χ4n) is 2.32. The maximum absolute atomic E-state index is 11.0. The Bertz CT molecular complexity index is 746. The lowest BCUT2D eigenvalue weighted by Crippen LogP contribution is -2.36. The van der Waals surface area contributed by atoms with Gasteiger partial charge in [-0.25, -0.2) is 14.5 Å². The van der Waals surface area contributed by atoms with Gasteiger partial charge in [0, 0.05) is 20.8 Å². The summed E-state index contributed by atoms with van der Waals surface area (Å²) in [5.74, 6) is -0.175. The van der Waals surface area contributed by atoms with Crippen LogP contribution in [0.25, 0.3) is 0 Å². The van der Waals surface area contributed by atoms with Gasteiger partial charge in [0.05, 0.1) is 0 Å². The van der Waals surface area contributed by atoms with Crippen LogP contribution < -0.4 is 0 Å². The van der Waals surface area contributed by atoms with Crippen LogP contribution >= 0.6 is 0 Å². The van der Waals surface area contributed by atoms with Gasteiger partial charge in [0.25, 0.3) is 0 Å². The van der Waals surface area contributed by atoms with E-state index in [9.17, 15) is 25.3 Å². The molecule has 0 aliphatic carbocycles. The minimum Gasteiger partial charge on any atom is -0.358 e. The molecule has 22 heavy (non-hydrogen) atoms. The van der Waals surface area contributed by atoms with Gasteiger partial charge in [-0.2, -0.15) is 4.57 Å². The molecule has 0 aliphatic rings. The number of aryl methyl sites for hydroxylation is 2. The van der Waals surface area contributed by atoms with Crippen LogP contribution in [0.1, 0.15) is 18.6 Å². The summed E-state index contributed by atoms with van der Waals surface area (Å²) >= 11 is 0. The number of rotatable bonds is 5. The molecule has 2 heterocycles. The second kappa shape index (κ2) is 5.18. The number of hydrogen-bond acceptors (Lipinski definition) is 7. The normalized spacial score (nSPS) is 13.8. The van der Waals surface area contributed by atoms with Crippen LogP contribution in [0.5, 0.6) is 0 Å². The Morgan fingerprint density at radius 1 is 1.14 bits per heavy atom. The van der Waals surface area contributed by atoms with Crippen molar-refractivity contribution in [1.29, 1.82) is 0 Å². The van der Waals surface area contributed by atoms with Crippen LogP contribution in [0.4, 0.5) is 11.6 Å². The summed E-state index contributed by atoms with van der Waals surface area (Å²) in [5.41, 5.74) is -1.79. The van der Waals surface area contributed by atoms with Crippen LogP contribution in [-0.2, 0) is 12.3 Å². The van der Waals surface area contributed by atoms with Crippen molar-refractivity contribution < 1.29 is 15.0 Å². The molecular weight excluding hydrogens is 296 g/mol. The molecule has 0 amide bonds. The summed E-state index contributed by atoms with van der Waals surface area (Å²) < 4.78 is 2.21. The zero-order valence-corrected chi connectivity index (χ0v) is 12.1. The Kier molecular flexibility index (Phi) is 3.67. The fourth-order valence-corrected chi connectivity index (χ4v) is 2.32. The van der Waals surface area contributed by atoms with Crippen molar-refractivity contribution in [3.8, 4) is 0 Å². The molecule has 11 nitrogen and oxygen atoms in total. The summed E-state index contributed by atoms with van der Waals surface area (Å²) in [6.07, 6.45) is 2.10. The third kappa shape index (κ3) is 2.53. The van der Waals surface area contributed by atoms with Gasteiger partial charge in [-0.3, -0.25) is 0 Å². The average molecular weight is 310 g/mol. The molecular formula is C11H14N6O5. The summed E-state index contributed by atoms with van der Waals surface area (Å²) in [7, 11) is 0. The SMILES string of the molecule is Cc1ncc([N+](=O)[O-])n1CC(C)(O)n1c([N+](=O)[O-])cnc1C. The Hall–Kier alpha value is -2.82. The fraction of sp³-hybridized carbons (Fsp3) is 0.455. The van der Waals surface area contributed by atoms with Gasteiger partial charge in [-0.15, -0.1) is 0 Å². The number of imidazole rings is 2. The first-order valence-corrected chi connectivity index (χ1v) is 6.23. The second-order valence-electron chi connectivity index (χ2n) is 4.98. The molecule has 2 aromatic rings. The summed E-state index contributed by atoms with van der Waals surface area (Å²) in [6.45, 7) is 4.07. The molecule has 0 saturated heterocycles. The molecule has 0 aliphatic heterocycles. The molecule has 0 saturated carbocycles. The van der Waals surface area contributed by atoms with E-state index >= 15 is 0 Å². The molecule has 0 radical (unpaired) electrons. The number of hydrogen-bond donors (Lipinski definition) is 1. The van der Waals surface area contributed by atoms with Gasteiger partial charge >= 0.3 is 11.6 Å². The highest BCUT2D eigenvalue weighted by Gasteiger charge is 2.39. The summed E-state index contributed by atoms with van der Waals surface area (Å²) in [4.78, 5) is 28.4. The smallest absolute Gasteiger partial charge is 0.345 e. The van der Waals surface area contributed by atoms with Crippen molar-refractivity contribution in [2.75, 3.05) is 0 Å². The maximum atomic E-state index is 11.0. The predicted molar refractivity (Wildman–Crippen MR) is 73.1 cm³/mol.